The minimum Gasteiger partial charge on any atom is -0.493 e. The molecule has 0 radical (unpaired) electrons. The maximum Gasteiger partial charge on any atom is 0.407 e. The molecule has 2 amide bonds. The maximum atomic E-state index is 15.0. The van der Waals surface area contributed by atoms with Gasteiger partial charge in [0.25, 0.3) is 12.3 Å². The van der Waals surface area contributed by atoms with E-state index in [-0.39, 0.29) is 17.5 Å². The number of nitrogens with zero attached hydrogens (tertiary/aromatic N) is 2. The van der Waals surface area contributed by atoms with Gasteiger partial charge in [0.2, 0.25) is 0 Å². The molecule has 9 nitrogen and oxygen atoms in total. The molecule has 3 N–H and O–H groups in total. The average Bonchev–Trinajstić information content (AvgIpc) is 3.67. The van der Waals surface area contributed by atoms with Gasteiger partial charge in [0, 0.05) is 29.3 Å². The number of carbonyl (C=O) groups is 2. The van der Waals surface area contributed by atoms with Crippen LogP contribution in [-0.2, 0) is 4.74 Å². The Labute approximate surface area is 242 Å². The van der Waals surface area contributed by atoms with E-state index < -0.39 is 42.3 Å². The number of ether oxygens (including phenoxy) is 2. The Hall–Kier alpha value is -3.83. The first-order valence-electron chi connectivity index (χ1n) is 14.2. The molecule has 0 unspecified atom stereocenters. The molecule has 5 rings (SSSR count). The van der Waals surface area contributed by atoms with Gasteiger partial charge in [-0.3, -0.25) is 4.79 Å². The van der Waals surface area contributed by atoms with Gasteiger partial charge in [0.05, 0.1) is 23.7 Å². The van der Waals surface area contributed by atoms with E-state index in [1.54, 1.807) is 27.7 Å². The van der Waals surface area contributed by atoms with Crippen LogP contribution in [-0.4, -0.2) is 57.4 Å². The Kier molecular flexibility index (Phi) is 8.34. The number of hydrogen-bond donors (Lipinski definition) is 3. The topological polar surface area (TPSA) is 118 Å². The fourth-order valence-electron chi connectivity index (χ4n) is 5.22. The number of aryl methyl sites for hydroxylation is 1. The monoisotopic (exact) mass is 587 g/mol. The average molecular weight is 588 g/mol. The van der Waals surface area contributed by atoms with Crippen LogP contribution in [0.5, 0.6) is 5.75 Å². The molecule has 2 aliphatic rings. The van der Waals surface area contributed by atoms with Crippen molar-refractivity contribution in [2.75, 3.05) is 6.61 Å². The molecule has 2 heterocycles. The molecule has 0 spiro atoms. The van der Waals surface area contributed by atoms with Crippen molar-refractivity contribution in [3.63, 3.8) is 0 Å². The van der Waals surface area contributed by atoms with Crippen LogP contribution in [0.25, 0.3) is 22.3 Å². The summed E-state index contributed by atoms with van der Waals surface area (Å²) < 4.78 is 53.4. The maximum absolute atomic E-state index is 15.0. The highest BCUT2D eigenvalue weighted by molar-refractivity contribution is 6.09. The van der Waals surface area contributed by atoms with E-state index in [4.69, 9.17) is 9.47 Å². The quantitative estimate of drug-likeness (QED) is 0.290. The van der Waals surface area contributed by atoms with Gasteiger partial charge in [0.1, 0.15) is 35.1 Å². The second kappa shape index (κ2) is 11.8. The van der Waals surface area contributed by atoms with Gasteiger partial charge < -0.3 is 25.1 Å². The lowest BCUT2D eigenvalue weighted by Crippen LogP contribution is -2.50. The summed E-state index contributed by atoms with van der Waals surface area (Å²) in [7, 11) is 0. The summed E-state index contributed by atoms with van der Waals surface area (Å²) in [5.74, 6) is 0.439. The number of H-pyrrole nitrogens is 1. The molecule has 0 aliphatic heterocycles. The second-order valence-electron chi connectivity index (χ2n) is 12.1. The Morgan fingerprint density at radius 1 is 1.12 bits per heavy atom. The van der Waals surface area contributed by atoms with Gasteiger partial charge in [-0.05, 0) is 77.5 Å². The molecule has 3 atom stereocenters. The third-order valence-electron chi connectivity index (χ3n) is 7.49. The van der Waals surface area contributed by atoms with Gasteiger partial charge in [-0.25, -0.2) is 27.9 Å². The Balaban J connectivity index is 1.35. The first-order chi connectivity index (χ1) is 19.9. The van der Waals surface area contributed by atoms with Crippen LogP contribution >= 0.6 is 0 Å². The van der Waals surface area contributed by atoms with Crippen molar-refractivity contribution in [2.45, 2.75) is 90.1 Å². The number of aromatic nitrogens is 3. The minimum absolute atomic E-state index is 0.0238. The number of halogens is 3. The van der Waals surface area contributed by atoms with Crippen LogP contribution in [0.3, 0.4) is 0 Å². The molecule has 2 aromatic heterocycles. The van der Waals surface area contributed by atoms with E-state index in [1.807, 2.05) is 0 Å². The lowest BCUT2D eigenvalue weighted by molar-refractivity contribution is 0.0436. The zero-order valence-corrected chi connectivity index (χ0v) is 24.1. The van der Waals surface area contributed by atoms with E-state index in [0.29, 0.717) is 59.1 Å². The van der Waals surface area contributed by atoms with Crippen LogP contribution in [0.4, 0.5) is 18.0 Å². The minimum atomic E-state index is -2.68. The van der Waals surface area contributed by atoms with Crippen molar-refractivity contribution >= 4 is 23.0 Å². The molecular weight excluding hydrogens is 551 g/mol. The molecule has 2 fully saturated rings. The third-order valence-corrected chi connectivity index (χ3v) is 7.49. The van der Waals surface area contributed by atoms with Crippen LogP contribution in [0, 0.1) is 12.8 Å². The van der Waals surface area contributed by atoms with E-state index in [0.717, 1.165) is 12.8 Å². The molecule has 42 heavy (non-hydrogen) atoms. The van der Waals surface area contributed by atoms with Crippen molar-refractivity contribution in [2.24, 2.45) is 5.92 Å². The first-order valence-corrected chi connectivity index (χ1v) is 14.2. The number of fused-ring (bicyclic) bond motifs is 1. The number of alkyl carbamates (subject to hydrolysis) is 1. The van der Waals surface area contributed by atoms with Gasteiger partial charge in [-0.1, -0.05) is 0 Å². The smallest absolute Gasteiger partial charge is 0.407 e. The van der Waals surface area contributed by atoms with Crippen molar-refractivity contribution in [1.29, 1.82) is 0 Å². The summed E-state index contributed by atoms with van der Waals surface area (Å²) in [4.78, 5) is 37.4. The van der Waals surface area contributed by atoms with Crippen LogP contribution in [0.15, 0.2) is 24.5 Å². The fourth-order valence-corrected chi connectivity index (χ4v) is 5.22. The summed E-state index contributed by atoms with van der Waals surface area (Å²) in [5.41, 5.74) is 1.36. The standard InChI is InChI=1S/C30H36F3N5O4/c1-15-23(28(39)37-18-8-9-21(20(31)12-18)38-29(40)42-30(2,3)4)25-26(36-15)24(34-14-35-25)19-11-17(27(32)33)7-10-22(19)41-13-16-5-6-16/h7,10-11,14,16,18,20-21,27,36H,5-6,8-9,12-13H2,1-4H3,(H,37,39)(H,38,40)/t18-,20+,21+/m1/s1. The van der Waals surface area contributed by atoms with Crippen LogP contribution in [0.1, 0.15) is 80.9 Å². The van der Waals surface area contributed by atoms with E-state index in [2.05, 4.69) is 25.6 Å². The van der Waals surface area contributed by atoms with Crippen LogP contribution in [0.2, 0.25) is 0 Å². The number of carbonyl (C=O) groups excluding carboxylic acids is 2. The molecule has 226 valence electrons. The Morgan fingerprint density at radius 3 is 2.55 bits per heavy atom. The van der Waals surface area contributed by atoms with Gasteiger partial charge in [0.15, 0.2) is 0 Å². The third kappa shape index (κ3) is 6.79. The summed E-state index contributed by atoms with van der Waals surface area (Å²) >= 11 is 0. The van der Waals surface area contributed by atoms with Crippen molar-refractivity contribution in [3.05, 3.63) is 41.3 Å². The summed E-state index contributed by atoms with van der Waals surface area (Å²) in [6.45, 7) is 7.39. The SMILES string of the molecule is Cc1[nH]c2c(-c3cc(C(F)F)ccc3OCC3CC3)ncnc2c1C(=O)N[C@@H]1CC[C@H](NC(=O)OC(C)(C)C)[C@@H](F)C1. The number of rotatable bonds is 8. The molecule has 0 saturated heterocycles. The second-order valence-corrected chi connectivity index (χ2v) is 12.1. The molecule has 1 aromatic carbocycles. The first kappa shape index (κ1) is 29.7. The predicted molar refractivity (Wildman–Crippen MR) is 150 cm³/mol. The normalized spacial score (nSPS) is 20.9. The molecule has 2 saturated carbocycles. The van der Waals surface area contributed by atoms with E-state index >= 15 is 0 Å². The van der Waals surface area contributed by atoms with Crippen molar-refractivity contribution in [1.82, 2.24) is 25.6 Å². The number of hydrogen-bond acceptors (Lipinski definition) is 6. The lowest BCUT2D eigenvalue weighted by Gasteiger charge is -2.33. The zero-order chi connectivity index (χ0) is 30.2. The largest absolute Gasteiger partial charge is 0.493 e. The van der Waals surface area contributed by atoms with Gasteiger partial charge >= 0.3 is 6.09 Å². The summed E-state index contributed by atoms with van der Waals surface area (Å²) in [6, 6.07) is 3.05. The molecule has 0 bridgehead atoms. The highest BCUT2D eigenvalue weighted by atomic mass is 19.3. The predicted octanol–water partition coefficient (Wildman–Crippen LogP) is 6.17. The van der Waals surface area contributed by atoms with Gasteiger partial charge in [-0.2, -0.15) is 0 Å². The molecule has 2 aliphatic carbocycles. The zero-order valence-electron chi connectivity index (χ0n) is 24.1. The highest BCUT2D eigenvalue weighted by Gasteiger charge is 2.34. The summed E-state index contributed by atoms with van der Waals surface area (Å²) in [6.07, 6.45) is -0.496. The van der Waals surface area contributed by atoms with Gasteiger partial charge in [-0.15, -0.1) is 0 Å². The fraction of sp³-hybridized carbons (Fsp3) is 0.533. The van der Waals surface area contributed by atoms with Crippen molar-refractivity contribution < 1.29 is 32.2 Å². The Morgan fingerprint density at radius 2 is 1.88 bits per heavy atom. The molecular formula is C30H36F3N5O4. The highest BCUT2D eigenvalue weighted by Crippen LogP contribution is 2.38. The number of aromatic amines is 1. The lowest BCUT2D eigenvalue weighted by atomic mass is 9.89. The van der Waals surface area contributed by atoms with Crippen molar-refractivity contribution in [3.8, 4) is 17.0 Å². The van der Waals surface area contributed by atoms with Crippen LogP contribution < -0.4 is 15.4 Å². The number of amides is 2. The van der Waals surface area contributed by atoms with E-state index in [1.165, 1.54) is 24.5 Å². The Bertz CT molecular complexity index is 1470. The number of alkyl halides is 3. The number of nitrogens with one attached hydrogen (secondary N) is 3. The number of benzene rings is 1. The summed E-state index contributed by atoms with van der Waals surface area (Å²) in [5, 5.41) is 5.49. The van der Waals surface area contributed by atoms with E-state index in [9.17, 15) is 22.8 Å². The molecule has 12 heteroatoms. The molecule has 3 aromatic rings.